The van der Waals surface area contributed by atoms with Gasteiger partial charge in [-0.1, -0.05) is 18.2 Å². The van der Waals surface area contributed by atoms with Crippen molar-refractivity contribution in [3.8, 4) is 0 Å². The first kappa shape index (κ1) is 19.8. The zero-order valence-corrected chi connectivity index (χ0v) is 13.6. The van der Waals surface area contributed by atoms with Crippen LogP contribution < -0.4 is 35.3 Å². The predicted molar refractivity (Wildman–Crippen MR) is 62.3 cm³/mol. The Hall–Kier alpha value is -0.557. The van der Waals surface area contributed by atoms with Gasteiger partial charge in [-0.3, -0.25) is 0 Å². The van der Waals surface area contributed by atoms with Crippen molar-refractivity contribution in [1.82, 2.24) is 4.98 Å². The van der Waals surface area contributed by atoms with Crippen LogP contribution >= 0.6 is 0 Å². The summed E-state index contributed by atoms with van der Waals surface area (Å²) in [5.74, 6) is 0. The fraction of sp³-hybridized carbons (Fsp3) is 0. The number of nitrogens with one attached hydrogen (secondary N) is 1. The van der Waals surface area contributed by atoms with E-state index in [-0.39, 0.29) is 51.0 Å². The number of aromatic nitrogens is 1. The summed E-state index contributed by atoms with van der Waals surface area (Å²) in [6, 6.07) is 11.9. The van der Waals surface area contributed by atoms with Gasteiger partial charge in [0.05, 0.1) is 0 Å². The summed E-state index contributed by atoms with van der Waals surface area (Å²) < 4.78 is 0. The summed E-state index contributed by atoms with van der Waals surface area (Å²) in [4.78, 5) is 2.74. The molecule has 1 aliphatic carbocycles. The molecule has 1 nitrogen and oxygen atoms in total. The quantitative estimate of drug-likeness (QED) is 0.459. The van der Waals surface area contributed by atoms with Gasteiger partial charge in [0.2, 0.25) is 0 Å². The van der Waals surface area contributed by atoms with E-state index in [9.17, 15) is 0 Å². The average Bonchev–Trinajstić information content (AvgIpc) is 2.87. The SMILES string of the molecule is C=C1[C-]=c2ccccc2=C1.[Cl-].[Cl-].[Zr+4].[c-]1ccc[nH]1. The van der Waals surface area contributed by atoms with Gasteiger partial charge in [0.1, 0.15) is 0 Å². The number of aromatic amines is 1. The number of H-pyrrole nitrogens is 1. The van der Waals surface area contributed by atoms with Crippen LogP contribution in [0.4, 0.5) is 0 Å². The van der Waals surface area contributed by atoms with Crippen LogP contribution in [0.3, 0.4) is 0 Å². The Bertz CT molecular complexity index is 508. The molecule has 1 N–H and O–H groups in total. The Morgan fingerprint density at radius 3 is 2.28 bits per heavy atom. The maximum atomic E-state index is 3.80. The summed E-state index contributed by atoms with van der Waals surface area (Å²) in [7, 11) is 0. The van der Waals surface area contributed by atoms with Crippen molar-refractivity contribution in [3.63, 3.8) is 0 Å². The van der Waals surface area contributed by atoms with Gasteiger partial charge >= 0.3 is 26.2 Å². The second kappa shape index (κ2) is 10.4. The molecule has 0 fully saturated rings. The van der Waals surface area contributed by atoms with Crippen molar-refractivity contribution in [3.05, 3.63) is 71.4 Å². The van der Waals surface area contributed by atoms with Crippen LogP contribution in [0.1, 0.15) is 0 Å². The molecule has 0 bridgehead atoms. The van der Waals surface area contributed by atoms with E-state index in [0.29, 0.717) is 0 Å². The van der Waals surface area contributed by atoms with E-state index < -0.39 is 0 Å². The van der Waals surface area contributed by atoms with Crippen LogP contribution in [0, 0.1) is 6.20 Å². The van der Waals surface area contributed by atoms with Crippen LogP contribution in [-0.2, 0) is 26.2 Å². The Morgan fingerprint density at radius 1 is 1.06 bits per heavy atom. The normalized spacial score (nSPS) is 9.89. The van der Waals surface area contributed by atoms with E-state index in [1.165, 1.54) is 5.22 Å². The third-order valence-electron chi connectivity index (χ3n) is 2.03. The Balaban J connectivity index is 0. The van der Waals surface area contributed by atoms with E-state index in [0.717, 1.165) is 10.8 Å². The zero-order valence-electron chi connectivity index (χ0n) is 9.58. The number of allylic oxidation sites excluding steroid dienone is 1. The molecule has 0 aliphatic heterocycles. The molecule has 0 unspecified atom stereocenters. The third-order valence-corrected chi connectivity index (χ3v) is 2.03. The van der Waals surface area contributed by atoms with Crippen molar-refractivity contribution in [2.75, 3.05) is 0 Å². The summed E-state index contributed by atoms with van der Waals surface area (Å²) >= 11 is 0. The summed E-state index contributed by atoms with van der Waals surface area (Å²) in [6.07, 6.45) is 9.74. The molecule has 90 valence electrons. The first-order chi connectivity index (χ1) is 7.36. The topological polar surface area (TPSA) is 15.8 Å². The number of hydrogen-bond donors (Lipinski definition) is 1. The van der Waals surface area contributed by atoms with Crippen molar-refractivity contribution < 1.29 is 51.0 Å². The fourth-order valence-electron chi connectivity index (χ4n) is 1.37. The summed E-state index contributed by atoms with van der Waals surface area (Å²) in [5, 5.41) is 2.39. The van der Waals surface area contributed by atoms with Crippen molar-refractivity contribution in [2.45, 2.75) is 0 Å². The third kappa shape index (κ3) is 5.86. The number of halogens is 2. The molecule has 18 heavy (non-hydrogen) atoms. The Morgan fingerprint density at radius 2 is 1.78 bits per heavy atom. The van der Waals surface area contributed by atoms with Gasteiger partial charge < -0.3 is 29.8 Å². The first-order valence-corrected chi connectivity index (χ1v) is 4.75. The van der Waals surface area contributed by atoms with E-state index in [4.69, 9.17) is 0 Å². The predicted octanol–water partition coefficient (Wildman–Crippen LogP) is -4.49. The van der Waals surface area contributed by atoms with E-state index in [1.54, 1.807) is 0 Å². The smallest absolute Gasteiger partial charge is 1.00 e. The minimum absolute atomic E-state index is 0. The number of fused-ring (bicyclic) bond motifs is 1. The number of benzene rings is 1. The second-order valence-electron chi connectivity index (χ2n) is 3.20. The van der Waals surface area contributed by atoms with Crippen molar-refractivity contribution in [2.24, 2.45) is 0 Å². The minimum Gasteiger partial charge on any atom is -1.00 e. The molecule has 1 aromatic heterocycles. The van der Waals surface area contributed by atoms with Gasteiger partial charge in [0.25, 0.3) is 0 Å². The summed E-state index contributed by atoms with van der Waals surface area (Å²) in [5.41, 5.74) is 0.973. The number of rotatable bonds is 0. The molecule has 0 saturated carbocycles. The van der Waals surface area contributed by atoms with Crippen molar-refractivity contribution >= 4 is 12.2 Å². The molecule has 4 heteroatoms. The maximum Gasteiger partial charge on any atom is 4.00 e. The largest absolute Gasteiger partial charge is 4.00 e. The van der Waals surface area contributed by atoms with E-state index in [2.05, 4.69) is 29.9 Å². The molecule has 2 aromatic rings. The summed E-state index contributed by atoms with van der Waals surface area (Å²) in [6.45, 7) is 3.80. The number of hydrogen-bond acceptors (Lipinski definition) is 0. The Kier molecular flexibility index (Phi) is 11.4. The minimum atomic E-state index is 0. The molecule has 1 aromatic carbocycles. The maximum absolute atomic E-state index is 3.80. The molecule has 1 aliphatic rings. The standard InChI is InChI=1S/C10H7.C4H4N.2ClH.Zr/c1-8-6-9-4-2-3-5-10(9)7-8;1-2-4-5-3-1;;;/h2-6H,1H2;1-3,5H;2*1H;/q2*-1;;;+4/p-2. The monoisotopic (exact) mass is 353 g/mol. The van der Waals surface area contributed by atoms with Gasteiger partial charge in [0, 0.05) is 0 Å². The van der Waals surface area contributed by atoms with Gasteiger partial charge in [-0.05, 0) is 0 Å². The average molecular weight is 355 g/mol. The Labute approximate surface area is 139 Å². The molecule has 0 amide bonds. The van der Waals surface area contributed by atoms with Crippen LogP contribution in [0.5, 0.6) is 0 Å². The first-order valence-electron chi connectivity index (χ1n) is 4.75. The molecular formula is C14H11Cl2NZr. The molecule has 0 spiro atoms. The van der Waals surface area contributed by atoms with Crippen LogP contribution in [0.2, 0.25) is 0 Å². The molecular weight excluding hydrogens is 344 g/mol. The van der Waals surface area contributed by atoms with Gasteiger partial charge in [-0.25, -0.2) is 0 Å². The van der Waals surface area contributed by atoms with E-state index in [1.807, 2.05) is 42.6 Å². The molecule has 0 saturated heterocycles. The van der Waals surface area contributed by atoms with Crippen molar-refractivity contribution in [1.29, 1.82) is 0 Å². The molecule has 0 radical (unpaired) electrons. The van der Waals surface area contributed by atoms with Crippen LogP contribution in [0.25, 0.3) is 12.2 Å². The van der Waals surface area contributed by atoms with Gasteiger partial charge in [0.15, 0.2) is 0 Å². The van der Waals surface area contributed by atoms with Gasteiger partial charge in [-0.15, -0.1) is 40.4 Å². The fourth-order valence-corrected chi connectivity index (χ4v) is 1.37. The van der Waals surface area contributed by atoms with Crippen LogP contribution in [-0.4, -0.2) is 4.98 Å². The molecule has 1 heterocycles. The van der Waals surface area contributed by atoms with Gasteiger partial charge in [-0.2, -0.15) is 24.9 Å². The van der Waals surface area contributed by atoms with Crippen LogP contribution in [0.15, 0.2) is 54.7 Å². The second-order valence-corrected chi connectivity index (χ2v) is 3.20. The van der Waals surface area contributed by atoms with E-state index >= 15 is 0 Å². The molecule has 3 rings (SSSR count). The molecule has 0 atom stereocenters. The zero-order chi connectivity index (χ0) is 10.5.